The minimum atomic E-state index is -1.11. The van der Waals surface area contributed by atoms with E-state index in [9.17, 15) is 14.4 Å². The molecule has 0 aromatic carbocycles. The largest absolute Gasteiger partial charge is 0.464 e. The molecule has 1 rings (SSSR count). The van der Waals surface area contributed by atoms with E-state index in [4.69, 9.17) is 10.5 Å². The van der Waals surface area contributed by atoms with Crippen LogP contribution in [0.2, 0.25) is 0 Å². The van der Waals surface area contributed by atoms with Crippen LogP contribution in [0.15, 0.2) is 16.7 Å². The minimum absolute atomic E-state index is 0.0721. The fourth-order valence-electron chi connectivity index (χ4n) is 2.03. The van der Waals surface area contributed by atoms with Crippen molar-refractivity contribution in [2.45, 2.75) is 26.3 Å². The van der Waals surface area contributed by atoms with Gasteiger partial charge in [0.05, 0.1) is 12.8 Å². The van der Waals surface area contributed by atoms with Crippen molar-refractivity contribution in [1.82, 2.24) is 10.3 Å². The smallest absolute Gasteiger partial charge is 0.331 e. The molecular weight excluding hydrogens is 418 g/mol. The SMILES string of the molecule is CC(=O)OCCN(C(=O)[C@@](C)(N)CSCCNCC=NOC(C)=O)c1nccs1. The molecule has 0 fully saturated rings. The molecule has 1 heterocycles. The van der Waals surface area contributed by atoms with E-state index in [1.165, 1.54) is 48.1 Å². The number of nitrogens with zero attached hydrogens (tertiary/aromatic N) is 3. The third-order valence-electron chi connectivity index (χ3n) is 3.32. The van der Waals surface area contributed by atoms with Gasteiger partial charge >= 0.3 is 11.9 Å². The number of nitrogens with one attached hydrogen (secondary N) is 1. The van der Waals surface area contributed by atoms with Crippen LogP contribution in [0, 0.1) is 0 Å². The number of rotatable bonds is 13. The molecule has 1 amide bonds. The summed E-state index contributed by atoms with van der Waals surface area (Å²) in [6, 6.07) is 0. The van der Waals surface area contributed by atoms with Crippen molar-refractivity contribution < 1.29 is 24.0 Å². The molecule has 1 atom stereocenters. The van der Waals surface area contributed by atoms with E-state index in [2.05, 4.69) is 20.3 Å². The fourth-order valence-corrected chi connectivity index (χ4v) is 3.67. The van der Waals surface area contributed by atoms with Gasteiger partial charge in [0, 0.05) is 50.0 Å². The van der Waals surface area contributed by atoms with Crippen molar-refractivity contribution >= 4 is 52.3 Å². The van der Waals surface area contributed by atoms with Gasteiger partial charge in [-0.15, -0.1) is 11.3 Å². The maximum atomic E-state index is 13.0. The Bertz CT molecular complexity index is 682. The first-order valence-electron chi connectivity index (χ1n) is 8.85. The third-order valence-corrected chi connectivity index (χ3v) is 5.41. The lowest BCUT2D eigenvalue weighted by atomic mass is 10.1. The van der Waals surface area contributed by atoms with E-state index in [0.717, 1.165) is 5.75 Å². The molecular formula is C17H27N5O5S2. The van der Waals surface area contributed by atoms with Gasteiger partial charge in [0.25, 0.3) is 0 Å². The second kappa shape index (κ2) is 13.2. The number of oxime groups is 1. The lowest BCUT2D eigenvalue weighted by Gasteiger charge is -2.30. The van der Waals surface area contributed by atoms with Crippen molar-refractivity contribution in [2.24, 2.45) is 10.9 Å². The lowest BCUT2D eigenvalue weighted by molar-refractivity contribution is -0.141. The molecule has 3 N–H and O–H groups in total. The number of ether oxygens (including phenoxy) is 1. The Hall–Kier alpha value is -2.02. The molecule has 0 spiro atoms. The predicted molar refractivity (Wildman–Crippen MR) is 114 cm³/mol. The highest BCUT2D eigenvalue weighted by atomic mass is 32.2. The fraction of sp³-hybridized carbons (Fsp3) is 0.588. The Morgan fingerprint density at radius 3 is 2.79 bits per heavy atom. The van der Waals surface area contributed by atoms with E-state index < -0.39 is 17.5 Å². The number of hydrogen-bond donors (Lipinski definition) is 2. The molecule has 1 aromatic heterocycles. The van der Waals surface area contributed by atoms with Gasteiger partial charge in [-0.05, 0) is 6.92 Å². The molecule has 0 saturated heterocycles. The highest BCUT2D eigenvalue weighted by molar-refractivity contribution is 7.99. The summed E-state index contributed by atoms with van der Waals surface area (Å²) in [5.41, 5.74) is 5.17. The van der Waals surface area contributed by atoms with Crippen molar-refractivity contribution in [3.8, 4) is 0 Å². The van der Waals surface area contributed by atoms with Crippen LogP contribution in [-0.2, 0) is 24.0 Å². The van der Waals surface area contributed by atoms with Crippen LogP contribution in [0.4, 0.5) is 5.13 Å². The number of nitrogens with two attached hydrogens (primary N) is 1. The topological polar surface area (TPSA) is 136 Å². The van der Waals surface area contributed by atoms with Gasteiger partial charge in [0.1, 0.15) is 12.1 Å². The summed E-state index contributed by atoms with van der Waals surface area (Å²) in [7, 11) is 0. The Labute approximate surface area is 178 Å². The number of amides is 1. The van der Waals surface area contributed by atoms with Crippen LogP contribution in [0.3, 0.4) is 0 Å². The first-order valence-corrected chi connectivity index (χ1v) is 10.9. The molecule has 162 valence electrons. The number of carbonyl (C=O) groups is 3. The summed E-state index contributed by atoms with van der Waals surface area (Å²) in [6.07, 6.45) is 3.06. The second-order valence-corrected chi connectivity index (χ2v) is 8.13. The monoisotopic (exact) mass is 445 g/mol. The molecule has 10 nitrogen and oxygen atoms in total. The van der Waals surface area contributed by atoms with Gasteiger partial charge in [-0.1, -0.05) is 5.16 Å². The molecule has 0 bridgehead atoms. The summed E-state index contributed by atoms with van der Waals surface area (Å²) in [5.74, 6) is -0.0265. The van der Waals surface area contributed by atoms with Gasteiger partial charge in [0.2, 0.25) is 5.91 Å². The number of esters is 1. The van der Waals surface area contributed by atoms with Crippen LogP contribution < -0.4 is 16.0 Å². The number of anilines is 1. The van der Waals surface area contributed by atoms with Gasteiger partial charge in [0.15, 0.2) is 5.13 Å². The first kappa shape index (κ1) is 25.0. The third kappa shape index (κ3) is 10.4. The number of aromatic nitrogens is 1. The van der Waals surface area contributed by atoms with E-state index in [1.807, 2.05) is 0 Å². The number of thiazole rings is 1. The molecule has 0 unspecified atom stereocenters. The Kier molecular flexibility index (Phi) is 11.4. The highest BCUT2D eigenvalue weighted by Crippen LogP contribution is 2.22. The molecule has 0 aliphatic rings. The molecule has 0 radical (unpaired) electrons. The Balaban J connectivity index is 2.44. The van der Waals surface area contributed by atoms with E-state index in [-0.39, 0.29) is 19.1 Å². The van der Waals surface area contributed by atoms with Crippen LogP contribution in [-0.4, -0.2) is 72.3 Å². The van der Waals surface area contributed by atoms with Crippen molar-refractivity contribution in [3.63, 3.8) is 0 Å². The molecule has 0 saturated carbocycles. The second-order valence-electron chi connectivity index (χ2n) is 6.16. The van der Waals surface area contributed by atoms with E-state index >= 15 is 0 Å². The average Bonchev–Trinajstić information content (AvgIpc) is 3.17. The number of hydrogen-bond acceptors (Lipinski definition) is 11. The van der Waals surface area contributed by atoms with Gasteiger partial charge < -0.3 is 20.6 Å². The quantitative estimate of drug-likeness (QED) is 0.147. The zero-order valence-electron chi connectivity index (χ0n) is 16.8. The maximum absolute atomic E-state index is 13.0. The van der Waals surface area contributed by atoms with Crippen molar-refractivity contribution in [3.05, 3.63) is 11.6 Å². The molecule has 0 aliphatic heterocycles. The zero-order chi connectivity index (χ0) is 21.7. The van der Waals surface area contributed by atoms with Gasteiger partial charge in [-0.25, -0.2) is 9.78 Å². The summed E-state index contributed by atoms with van der Waals surface area (Å²) < 4.78 is 4.95. The lowest BCUT2D eigenvalue weighted by Crippen LogP contribution is -2.56. The normalized spacial score (nSPS) is 13.1. The van der Waals surface area contributed by atoms with Crippen LogP contribution in [0.1, 0.15) is 20.8 Å². The van der Waals surface area contributed by atoms with Gasteiger partial charge in [-0.3, -0.25) is 14.5 Å². The predicted octanol–water partition coefficient (Wildman–Crippen LogP) is 0.628. The van der Waals surface area contributed by atoms with Crippen molar-refractivity contribution in [2.75, 3.05) is 42.6 Å². The Morgan fingerprint density at radius 2 is 2.17 bits per heavy atom. The number of carbonyl (C=O) groups excluding carboxylic acids is 3. The molecule has 1 aromatic rings. The average molecular weight is 446 g/mol. The summed E-state index contributed by atoms with van der Waals surface area (Å²) in [5, 5.41) is 8.86. The molecule has 12 heteroatoms. The van der Waals surface area contributed by atoms with Crippen LogP contribution in [0.5, 0.6) is 0 Å². The summed E-state index contributed by atoms with van der Waals surface area (Å²) in [4.78, 5) is 44.6. The number of thioether (sulfide) groups is 1. The minimum Gasteiger partial charge on any atom is -0.464 e. The summed E-state index contributed by atoms with van der Waals surface area (Å²) in [6.45, 7) is 5.65. The van der Waals surface area contributed by atoms with E-state index in [1.54, 1.807) is 18.5 Å². The maximum Gasteiger partial charge on any atom is 0.331 e. The van der Waals surface area contributed by atoms with E-state index in [0.29, 0.717) is 24.0 Å². The Morgan fingerprint density at radius 1 is 1.41 bits per heavy atom. The molecule has 0 aliphatic carbocycles. The van der Waals surface area contributed by atoms with Gasteiger partial charge in [-0.2, -0.15) is 11.8 Å². The van der Waals surface area contributed by atoms with Crippen molar-refractivity contribution in [1.29, 1.82) is 0 Å². The first-order chi connectivity index (χ1) is 13.7. The van der Waals surface area contributed by atoms with Crippen LogP contribution >= 0.6 is 23.1 Å². The standard InChI is InChI=1S/C17H27N5O5S2/c1-13(23)26-9-8-22(16-20-7-11-29-16)15(25)17(3,18)12-28-10-6-19-4-5-21-27-14(2)24/h5,7,11,19H,4,6,8-10,12,18H2,1-3H3/t17-/m0/s1. The highest BCUT2D eigenvalue weighted by Gasteiger charge is 2.34. The molecule has 29 heavy (non-hydrogen) atoms. The zero-order valence-corrected chi connectivity index (χ0v) is 18.4. The summed E-state index contributed by atoms with van der Waals surface area (Å²) >= 11 is 2.85. The van der Waals surface area contributed by atoms with Crippen LogP contribution in [0.25, 0.3) is 0 Å².